The predicted octanol–water partition coefficient (Wildman–Crippen LogP) is 14.3. The van der Waals surface area contributed by atoms with Gasteiger partial charge in [0.1, 0.15) is 80.5 Å². The summed E-state index contributed by atoms with van der Waals surface area (Å²) in [6.45, 7) is 13.5. The number of unbranched alkanes of at least 4 members (excludes halogenated alkanes) is 2. The summed E-state index contributed by atoms with van der Waals surface area (Å²) in [6, 6.07) is 49.2. The lowest BCUT2D eigenvalue weighted by molar-refractivity contribution is -0.153. The number of allylic oxidation sites excluding steroid dienone is 1. The van der Waals surface area contributed by atoms with Crippen LogP contribution in [0.1, 0.15) is 50.7 Å². The Morgan fingerprint density at radius 1 is 0.420 bits per heavy atom. The lowest BCUT2D eigenvalue weighted by Crippen LogP contribution is -2.26. The fourth-order valence-electron chi connectivity index (χ4n) is 10.7. The van der Waals surface area contributed by atoms with E-state index in [1.807, 2.05) is 42.5 Å². The number of fused-ring (bicyclic) bond motifs is 3. The van der Waals surface area contributed by atoms with Crippen molar-refractivity contribution in [2.24, 2.45) is 0 Å². The van der Waals surface area contributed by atoms with Crippen molar-refractivity contribution in [1.82, 2.24) is 0 Å². The molecule has 5 saturated heterocycles. The van der Waals surface area contributed by atoms with Crippen LogP contribution < -0.4 is 14.2 Å². The van der Waals surface area contributed by atoms with Gasteiger partial charge in [-0.25, -0.2) is 0 Å². The number of rotatable bonds is 15. The number of aromatic hydroxyl groups is 1. The van der Waals surface area contributed by atoms with E-state index in [-0.39, 0.29) is 16.6 Å². The second-order valence-corrected chi connectivity index (χ2v) is 32.8. The molecule has 17 heteroatoms. The maximum absolute atomic E-state index is 12.4. The van der Waals surface area contributed by atoms with Crippen molar-refractivity contribution in [2.75, 3.05) is 143 Å². The van der Waals surface area contributed by atoms with E-state index in [4.69, 9.17) is 43.0 Å². The number of ether oxygens (including phenoxy) is 8. The monoisotopic (exact) mass is 1300 g/mol. The van der Waals surface area contributed by atoms with Gasteiger partial charge in [0.15, 0.2) is 31.1 Å². The summed E-state index contributed by atoms with van der Waals surface area (Å²) in [4.78, 5) is 7.08. The lowest BCUT2D eigenvalue weighted by Gasteiger charge is -2.17. The first-order chi connectivity index (χ1) is 43.2. The molecule has 0 saturated carbocycles. The summed E-state index contributed by atoms with van der Waals surface area (Å²) in [5.41, 5.74) is 3.01. The molecule has 5 aliphatic heterocycles. The van der Waals surface area contributed by atoms with Gasteiger partial charge in [-0.05, 0) is 122 Å². The fourth-order valence-corrected chi connectivity index (χ4v) is 20.5. The third kappa shape index (κ3) is 20.7. The predicted molar refractivity (Wildman–Crippen MR) is 366 cm³/mol. The topological polar surface area (TPSA) is 94.1 Å². The zero-order chi connectivity index (χ0) is 61.2. The van der Waals surface area contributed by atoms with Gasteiger partial charge >= 0.3 is 6.18 Å². The number of alkyl halides is 3. The molecule has 9 nitrogen and oxygen atoms in total. The van der Waals surface area contributed by atoms with Crippen LogP contribution in [0.4, 0.5) is 13.2 Å². The second kappa shape index (κ2) is 36.4. The van der Waals surface area contributed by atoms with E-state index in [0.29, 0.717) is 49.3 Å². The maximum Gasteiger partial charge on any atom is 0.422 e. The molecular formula is C71H88F3O9S5+5. The molecule has 0 aromatic heterocycles. The van der Waals surface area contributed by atoms with Crippen molar-refractivity contribution in [3.8, 4) is 23.0 Å². The normalized spacial score (nSPS) is 17.8. The zero-order valence-electron chi connectivity index (χ0n) is 51.1. The lowest BCUT2D eigenvalue weighted by atomic mass is 10.1. The summed E-state index contributed by atoms with van der Waals surface area (Å²) in [7, 11) is 1.60. The van der Waals surface area contributed by atoms with Crippen LogP contribution in [-0.4, -0.2) is 155 Å². The SMILES string of the molecule is C1=C([S+]2CCOCC2)c2ccccc2C1.CCCCOc1ccc([S+]2CCOCC2)c2ccccc12.CCCCOc1ccc([S+]2CCOCC2)cc1.FC(F)(F)COc1ccc([S+]2CCOCC2)c2ccccc12.Oc1ccc([S+]2CCOCC2)cc1. The summed E-state index contributed by atoms with van der Waals surface area (Å²) in [5.74, 6) is 14.0. The highest BCUT2D eigenvalue weighted by atomic mass is 32.2. The first kappa shape index (κ1) is 67.7. The number of phenolic OH excluding ortho intramolecular Hbond substituents is 1. The smallest absolute Gasteiger partial charge is 0.422 e. The third-order valence-electron chi connectivity index (χ3n) is 15.4. The van der Waals surface area contributed by atoms with Gasteiger partial charge in [0.05, 0.1) is 79.3 Å². The van der Waals surface area contributed by atoms with Crippen molar-refractivity contribution in [2.45, 2.75) is 71.7 Å². The van der Waals surface area contributed by atoms with Crippen LogP contribution in [0.2, 0.25) is 0 Å². The van der Waals surface area contributed by atoms with E-state index < -0.39 is 12.8 Å². The molecule has 6 aliphatic rings. The highest BCUT2D eigenvalue weighted by Gasteiger charge is 2.34. The molecule has 0 atom stereocenters. The van der Waals surface area contributed by atoms with Gasteiger partial charge in [-0.3, -0.25) is 0 Å². The van der Waals surface area contributed by atoms with Gasteiger partial charge in [0.25, 0.3) is 0 Å². The van der Waals surface area contributed by atoms with E-state index >= 15 is 0 Å². The van der Waals surface area contributed by atoms with Crippen LogP contribution >= 0.6 is 0 Å². The molecule has 0 unspecified atom stereocenters. The maximum atomic E-state index is 12.4. The molecule has 0 bridgehead atoms. The average molecular weight is 1300 g/mol. The molecule has 7 aromatic carbocycles. The van der Waals surface area contributed by atoms with Gasteiger partial charge in [-0.15, -0.1) is 0 Å². The highest BCUT2D eigenvalue weighted by Crippen LogP contribution is 2.37. The minimum absolute atomic E-state index is 0.0853. The van der Waals surface area contributed by atoms with Crippen LogP contribution in [0.15, 0.2) is 171 Å². The Hall–Kier alpha value is -4.66. The number of hydrogen-bond donors (Lipinski definition) is 1. The summed E-state index contributed by atoms with van der Waals surface area (Å²) in [6.07, 6.45) is 3.82. The molecule has 13 rings (SSSR count). The van der Waals surface area contributed by atoms with E-state index in [9.17, 15) is 13.2 Å². The van der Waals surface area contributed by atoms with Crippen LogP contribution in [-0.2, 0) is 84.6 Å². The van der Waals surface area contributed by atoms with Gasteiger partial charge in [0.2, 0.25) is 0 Å². The van der Waals surface area contributed by atoms with Crippen LogP contribution in [0.25, 0.3) is 26.5 Å². The number of hydrogen-bond acceptors (Lipinski definition) is 9. The second-order valence-electron chi connectivity index (χ2n) is 21.5. The van der Waals surface area contributed by atoms with Crippen molar-refractivity contribution in [3.63, 3.8) is 0 Å². The number of benzene rings is 7. The van der Waals surface area contributed by atoms with E-state index in [2.05, 4.69) is 105 Å². The largest absolute Gasteiger partial charge is 0.508 e. The van der Waals surface area contributed by atoms with Crippen molar-refractivity contribution in [1.29, 1.82) is 0 Å². The van der Waals surface area contributed by atoms with Crippen LogP contribution in [0.3, 0.4) is 0 Å². The van der Waals surface area contributed by atoms with Gasteiger partial charge in [0, 0.05) is 81.6 Å². The third-order valence-corrected chi connectivity index (χ3v) is 26.8. The Labute approximate surface area is 534 Å². The molecule has 7 aromatic rings. The first-order valence-corrected chi connectivity index (χ1v) is 38.9. The molecule has 0 spiro atoms. The van der Waals surface area contributed by atoms with E-state index in [1.54, 1.807) is 23.1 Å². The summed E-state index contributed by atoms with van der Waals surface area (Å²) < 4.78 is 80.8. The van der Waals surface area contributed by atoms with Crippen LogP contribution in [0.5, 0.6) is 23.0 Å². The number of halogens is 3. The fraction of sp³-hybridized carbons (Fsp3) is 0.437. The van der Waals surface area contributed by atoms with Crippen molar-refractivity contribution >= 4 is 80.9 Å². The summed E-state index contributed by atoms with van der Waals surface area (Å²) in [5, 5.41) is 13.5. The molecule has 0 radical (unpaired) electrons. The summed E-state index contributed by atoms with van der Waals surface area (Å²) >= 11 is 0. The number of phenols is 1. The minimum atomic E-state index is -4.33. The average Bonchev–Trinajstić information content (AvgIpc) is 3.35. The van der Waals surface area contributed by atoms with Crippen molar-refractivity contribution in [3.05, 3.63) is 163 Å². The highest BCUT2D eigenvalue weighted by molar-refractivity contribution is 8.05. The molecule has 5 fully saturated rings. The molecule has 1 aliphatic carbocycles. The van der Waals surface area contributed by atoms with Crippen molar-refractivity contribution < 1.29 is 56.2 Å². The molecule has 0 amide bonds. The molecule has 1 N–H and O–H groups in total. The van der Waals surface area contributed by atoms with Gasteiger partial charge < -0.3 is 43.0 Å². The van der Waals surface area contributed by atoms with Gasteiger partial charge in [-0.2, -0.15) is 13.2 Å². The van der Waals surface area contributed by atoms with Gasteiger partial charge in [-0.1, -0.05) is 81.3 Å². The Morgan fingerprint density at radius 2 is 0.818 bits per heavy atom. The Balaban J connectivity index is 0.000000132. The molecule has 472 valence electrons. The minimum Gasteiger partial charge on any atom is -0.508 e. The standard InChI is InChI=1S/C18H23O2S.C16H16F3O2S.C14H21O2S.C13H15OS.C10H12O2S/c1-2-3-10-20-17-8-9-18(21-13-11-19-12-14-21)16-7-5-4-6-15(16)17;17-16(18,19)11-21-14-5-6-15(22-9-7-20-8-10-22)13-4-2-1-3-12(13)14;1-2-3-8-16-13-4-6-14(7-5-13)17-11-9-15-10-12-17;1-2-4-12-11(3-1)5-6-13(12)15-9-7-14-8-10-15;11-9-1-3-10(4-2-9)13-7-5-12-6-8-13/h4-9H,2-3,10-14H2,1H3;1-6H,7-11H2;4-7H,2-3,8-12H2,1H3;1-4,6H,5,7-10H2;1-4H,5-8H2/q4*+1;/p+1. The first-order valence-electron chi connectivity index (χ1n) is 31.1. The van der Waals surface area contributed by atoms with Crippen LogP contribution in [0, 0.1) is 0 Å². The quantitative estimate of drug-likeness (QED) is 0.0796. The Morgan fingerprint density at radius 3 is 1.28 bits per heavy atom. The van der Waals surface area contributed by atoms with E-state index in [1.165, 1.54) is 77.3 Å². The Kier molecular flexibility index (Phi) is 28.0. The molecular weight excluding hydrogens is 1210 g/mol. The Bertz CT molecular complexity index is 3190. The molecule has 5 heterocycles. The zero-order valence-corrected chi connectivity index (χ0v) is 55.2. The molecule has 88 heavy (non-hydrogen) atoms. The van der Waals surface area contributed by atoms with E-state index in [0.717, 1.165) is 155 Å².